The number of fused-ring (bicyclic) bond motifs is 1. The molecular formula is C31H40N6O3S2Si. The van der Waals surface area contributed by atoms with Crippen molar-refractivity contribution in [1.82, 2.24) is 15.0 Å². The summed E-state index contributed by atoms with van der Waals surface area (Å²) in [6.07, 6.45) is 2.86. The number of rotatable bonds is 7. The van der Waals surface area contributed by atoms with Gasteiger partial charge in [-0.3, -0.25) is 9.78 Å². The quantitative estimate of drug-likeness (QED) is 0.221. The van der Waals surface area contributed by atoms with Crippen molar-refractivity contribution in [3.8, 4) is 10.4 Å². The van der Waals surface area contributed by atoms with Crippen molar-refractivity contribution in [3.05, 3.63) is 47.1 Å². The molecule has 9 nitrogen and oxygen atoms in total. The third-order valence-corrected chi connectivity index (χ3v) is 15.3. The predicted molar refractivity (Wildman–Crippen MR) is 180 cm³/mol. The van der Waals surface area contributed by atoms with Crippen molar-refractivity contribution in [2.24, 2.45) is 0 Å². The Labute approximate surface area is 262 Å². The minimum absolute atomic E-state index is 0.130. The number of aromatic nitrogens is 3. The van der Waals surface area contributed by atoms with Crippen molar-refractivity contribution < 1.29 is 14.0 Å². The molecule has 6 rings (SSSR count). The van der Waals surface area contributed by atoms with E-state index in [1.807, 2.05) is 37.3 Å². The molecule has 2 fully saturated rings. The van der Waals surface area contributed by atoms with Crippen LogP contribution in [0.15, 0.2) is 36.5 Å². The molecule has 6 heterocycles. The van der Waals surface area contributed by atoms with Crippen LogP contribution in [0.25, 0.3) is 20.8 Å². The zero-order valence-electron chi connectivity index (χ0n) is 25.8. The molecule has 43 heavy (non-hydrogen) atoms. The Bertz CT molecular complexity index is 1630. The number of aryl methyl sites for hydroxylation is 1. The van der Waals surface area contributed by atoms with Gasteiger partial charge in [0.2, 0.25) is 0 Å². The normalized spacial score (nSPS) is 18.0. The molecule has 0 bridgehead atoms. The maximum atomic E-state index is 13.6. The molecule has 4 aromatic heterocycles. The molecule has 2 saturated heterocycles. The third-order valence-electron chi connectivity index (χ3n) is 8.60. The molecule has 0 aliphatic carbocycles. The molecule has 4 aromatic rings. The largest absolute Gasteiger partial charge is 0.412 e. The van der Waals surface area contributed by atoms with Gasteiger partial charge < -0.3 is 24.3 Å². The first kappa shape index (κ1) is 30.1. The summed E-state index contributed by atoms with van der Waals surface area (Å²) < 4.78 is 13.3. The number of ether oxygens (including phenoxy) is 1. The molecule has 2 aliphatic rings. The average molecular weight is 637 g/mol. The van der Waals surface area contributed by atoms with Gasteiger partial charge in [0.15, 0.2) is 24.9 Å². The van der Waals surface area contributed by atoms with Crippen LogP contribution in [0, 0.1) is 6.92 Å². The standard InChI is InChI=1S/C31H40N6O3S2Si/c1-20-17-21(9-11-32-20)24-7-8-25(41-24)29(38)33-23-18-26-27(35-30(42-26)36-13-15-39-16-14-36)34-28(23)37-12-10-22(19-37)40-43(5,6)31(2,3)4/h7-9,11,17-18,22H,10,12-16,19H2,1-6H3,(H,33,38)/t22-/m0/s1. The van der Waals surface area contributed by atoms with Gasteiger partial charge in [-0.05, 0) is 67.4 Å². The zero-order chi connectivity index (χ0) is 30.4. The minimum atomic E-state index is -1.92. The number of nitrogens with zero attached hydrogens (tertiary/aromatic N) is 5. The van der Waals surface area contributed by atoms with Crippen molar-refractivity contribution in [2.45, 2.75) is 58.4 Å². The number of morpholine rings is 1. The van der Waals surface area contributed by atoms with Gasteiger partial charge in [-0.25, -0.2) is 4.98 Å². The fraction of sp³-hybridized carbons (Fsp3) is 0.484. The molecule has 1 amide bonds. The number of amides is 1. The van der Waals surface area contributed by atoms with Crippen LogP contribution in [0.2, 0.25) is 18.1 Å². The van der Waals surface area contributed by atoms with E-state index in [1.54, 1.807) is 17.5 Å². The van der Waals surface area contributed by atoms with Crippen LogP contribution in [-0.4, -0.2) is 74.7 Å². The Morgan fingerprint density at radius 3 is 2.60 bits per heavy atom. The highest BCUT2D eigenvalue weighted by Gasteiger charge is 2.41. The molecular weight excluding hydrogens is 597 g/mol. The van der Waals surface area contributed by atoms with Gasteiger partial charge >= 0.3 is 0 Å². The smallest absolute Gasteiger partial charge is 0.265 e. The number of carbonyl (C=O) groups excluding carboxylic acids is 1. The number of hydrogen-bond donors (Lipinski definition) is 1. The monoisotopic (exact) mass is 636 g/mol. The van der Waals surface area contributed by atoms with Crippen molar-refractivity contribution in [3.63, 3.8) is 0 Å². The molecule has 228 valence electrons. The number of thiophene rings is 1. The van der Waals surface area contributed by atoms with Gasteiger partial charge in [-0.2, -0.15) is 4.98 Å². The van der Waals surface area contributed by atoms with Crippen molar-refractivity contribution in [1.29, 1.82) is 0 Å². The minimum Gasteiger partial charge on any atom is -0.412 e. The Balaban J connectivity index is 1.29. The van der Waals surface area contributed by atoms with E-state index >= 15 is 0 Å². The molecule has 0 spiro atoms. The first-order valence-corrected chi connectivity index (χ1v) is 19.4. The van der Waals surface area contributed by atoms with Crippen LogP contribution in [0.4, 0.5) is 16.6 Å². The first-order chi connectivity index (χ1) is 20.5. The number of thiazole rings is 1. The maximum absolute atomic E-state index is 13.6. The number of hydrogen-bond acceptors (Lipinski definition) is 10. The summed E-state index contributed by atoms with van der Waals surface area (Å²) in [4.78, 5) is 34.1. The van der Waals surface area contributed by atoms with Crippen LogP contribution < -0.4 is 15.1 Å². The second-order valence-electron chi connectivity index (χ2n) is 12.8. The average Bonchev–Trinajstić information content (AvgIpc) is 3.72. The molecule has 0 unspecified atom stereocenters. The second kappa shape index (κ2) is 11.9. The zero-order valence-corrected chi connectivity index (χ0v) is 28.4. The molecule has 12 heteroatoms. The number of carbonyl (C=O) groups is 1. The summed E-state index contributed by atoms with van der Waals surface area (Å²) in [5.41, 5.74) is 3.42. The van der Waals surface area contributed by atoms with Gasteiger partial charge in [-0.15, -0.1) is 11.3 Å². The fourth-order valence-electron chi connectivity index (χ4n) is 5.17. The lowest BCUT2D eigenvalue weighted by molar-refractivity contribution is 0.103. The summed E-state index contributed by atoms with van der Waals surface area (Å²) >= 11 is 3.09. The highest BCUT2D eigenvalue weighted by atomic mass is 32.1. The van der Waals surface area contributed by atoms with Crippen molar-refractivity contribution >= 4 is 63.9 Å². The number of anilines is 3. The van der Waals surface area contributed by atoms with E-state index in [0.29, 0.717) is 29.4 Å². The molecule has 2 aliphatic heterocycles. The Morgan fingerprint density at radius 2 is 1.86 bits per heavy atom. The van der Waals surface area contributed by atoms with Gasteiger partial charge in [0.05, 0.1) is 34.6 Å². The van der Waals surface area contributed by atoms with E-state index in [0.717, 1.165) is 64.4 Å². The van der Waals surface area contributed by atoms with Crippen LogP contribution >= 0.6 is 22.7 Å². The van der Waals surface area contributed by atoms with Crippen LogP contribution in [0.1, 0.15) is 42.6 Å². The SMILES string of the molecule is Cc1cc(-c2ccc(C(=O)Nc3cc4sc(N5CCOCC5)nc4nc3N3CC[C@H](O[Si](C)(C)C(C)(C)C)C3)s2)ccn1. The lowest BCUT2D eigenvalue weighted by atomic mass is 10.2. The Kier molecular flexibility index (Phi) is 8.33. The van der Waals surface area contributed by atoms with Gasteiger partial charge in [0, 0.05) is 42.9 Å². The lowest BCUT2D eigenvalue weighted by Gasteiger charge is -2.38. The van der Waals surface area contributed by atoms with E-state index in [9.17, 15) is 4.79 Å². The third kappa shape index (κ3) is 6.48. The van der Waals surface area contributed by atoms with Crippen LogP contribution in [-0.2, 0) is 9.16 Å². The summed E-state index contributed by atoms with van der Waals surface area (Å²) in [6, 6.07) is 9.94. The highest BCUT2D eigenvalue weighted by Crippen LogP contribution is 2.40. The topological polar surface area (TPSA) is 92.7 Å². The summed E-state index contributed by atoms with van der Waals surface area (Å²) in [5, 5.41) is 4.30. The van der Waals surface area contributed by atoms with E-state index in [-0.39, 0.29) is 17.0 Å². The Morgan fingerprint density at radius 1 is 1.07 bits per heavy atom. The van der Waals surface area contributed by atoms with Gasteiger partial charge in [0.1, 0.15) is 0 Å². The van der Waals surface area contributed by atoms with Gasteiger partial charge in [-0.1, -0.05) is 32.1 Å². The maximum Gasteiger partial charge on any atom is 0.265 e. The first-order valence-electron chi connectivity index (χ1n) is 14.9. The molecule has 0 saturated carbocycles. The Hall–Kier alpha value is -2.90. The summed E-state index contributed by atoms with van der Waals surface area (Å²) in [6.45, 7) is 18.0. The van der Waals surface area contributed by atoms with Crippen LogP contribution in [0.5, 0.6) is 0 Å². The summed E-state index contributed by atoms with van der Waals surface area (Å²) in [7, 11) is -1.92. The highest BCUT2D eigenvalue weighted by molar-refractivity contribution is 7.22. The van der Waals surface area contributed by atoms with E-state index in [1.165, 1.54) is 11.3 Å². The molecule has 0 radical (unpaired) electrons. The van der Waals surface area contributed by atoms with E-state index < -0.39 is 8.32 Å². The van der Waals surface area contributed by atoms with E-state index in [2.05, 4.69) is 54.0 Å². The predicted octanol–water partition coefficient (Wildman–Crippen LogP) is 6.81. The lowest BCUT2D eigenvalue weighted by Crippen LogP contribution is -2.44. The van der Waals surface area contributed by atoms with Crippen LogP contribution in [0.3, 0.4) is 0 Å². The molecule has 1 atom stereocenters. The summed E-state index contributed by atoms with van der Waals surface area (Å²) in [5.74, 6) is 0.609. The van der Waals surface area contributed by atoms with E-state index in [4.69, 9.17) is 19.1 Å². The number of nitrogens with one attached hydrogen (secondary N) is 1. The second-order valence-corrected chi connectivity index (χ2v) is 19.7. The molecule has 0 aromatic carbocycles. The van der Waals surface area contributed by atoms with Crippen molar-refractivity contribution in [2.75, 3.05) is 54.5 Å². The van der Waals surface area contributed by atoms with Gasteiger partial charge in [0.25, 0.3) is 5.91 Å². The number of pyridine rings is 2. The molecule has 1 N–H and O–H groups in total. The fourth-order valence-corrected chi connectivity index (χ4v) is 8.45.